The largest absolute Gasteiger partial charge is 0.382 e. The Bertz CT molecular complexity index is 958. The summed E-state index contributed by atoms with van der Waals surface area (Å²) in [6, 6.07) is 0.343. The molecule has 1 saturated carbocycles. The molecule has 0 bridgehead atoms. The number of hydrogen-bond acceptors (Lipinski definition) is 7. The second-order valence-corrected chi connectivity index (χ2v) is 10.00. The average molecular weight is 408 g/mol. The Labute approximate surface area is 165 Å². The third kappa shape index (κ3) is 3.43. The maximum Gasteiger partial charge on any atom is 0.224 e. The van der Waals surface area contributed by atoms with Gasteiger partial charge in [-0.2, -0.15) is 9.97 Å². The van der Waals surface area contributed by atoms with Gasteiger partial charge in [0.25, 0.3) is 0 Å². The van der Waals surface area contributed by atoms with Gasteiger partial charge >= 0.3 is 0 Å². The topological polar surface area (TPSA) is 133 Å². The van der Waals surface area contributed by atoms with Crippen LogP contribution in [-0.2, 0) is 10.0 Å². The van der Waals surface area contributed by atoms with Crippen molar-refractivity contribution in [2.24, 2.45) is 0 Å². The molecule has 9 nitrogen and oxygen atoms in total. The number of hydrogen-bond donors (Lipinski definition) is 2. The fourth-order valence-electron chi connectivity index (χ4n) is 4.62. The van der Waals surface area contributed by atoms with Gasteiger partial charge in [0.2, 0.25) is 16.0 Å². The molecule has 0 amide bonds. The molecular formula is C18H29N7O2S. The Kier molecular flexibility index (Phi) is 5.17. The number of fused-ring (bicyclic) bond motifs is 1. The molecular weight excluding hydrogens is 378 g/mol. The minimum atomic E-state index is -3.15. The second-order valence-electron chi connectivity index (χ2n) is 7.91. The summed E-state index contributed by atoms with van der Waals surface area (Å²) >= 11 is 0. The zero-order valence-electron chi connectivity index (χ0n) is 16.3. The summed E-state index contributed by atoms with van der Waals surface area (Å²) in [5, 5.41) is 0. The number of piperidine rings is 1. The van der Waals surface area contributed by atoms with Gasteiger partial charge < -0.3 is 16.0 Å². The first-order chi connectivity index (χ1) is 13.4. The molecule has 28 heavy (non-hydrogen) atoms. The lowest BCUT2D eigenvalue weighted by Crippen LogP contribution is -2.39. The number of nitrogen functional groups attached to an aromatic ring is 2. The molecule has 1 aliphatic carbocycles. The highest BCUT2D eigenvalue weighted by atomic mass is 32.2. The zero-order valence-corrected chi connectivity index (χ0v) is 17.2. The first kappa shape index (κ1) is 19.4. The van der Waals surface area contributed by atoms with Crippen LogP contribution in [-0.4, -0.2) is 51.1 Å². The van der Waals surface area contributed by atoms with Crippen LogP contribution >= 0.6 is 0 Å². The smallest absolute Gasteiger partial charge is 0.224 e. The van der Waals surface area contributed by atoms with Gasteiger partial charge in [0.1, 0.15) is 5.82 Å². The Morgan fingerprint density at radius 2 is 1.71 bits per heavy atom. The van der Waals surface area contributed by atoms with Gasteiger partial charge in [-0.25, -0.2) is 17.7 Å². The van der Waals surface area contributed by atoms with Crippen molar-refractivity contribution in [3.63, 3.8) is 0 Å². The van der Waals surface area contributed by atoms with Gasteiger partial charge in [-0.1, -0.05) is 19.8 Å². The third-order valence-electron chi connectivity index (χ3n) is 5.98. The molecule has 3 heterocycles. The van der Waals surface area contributed by atoms with Crippen LogP contribution in [0.1, 0.15) is 69.7 Å². The van der Waals surface area contributed by atoms with Crippen molar-refractivity contribution < 1.29 is 8.42 Å². The van der Waals surface area contributed by atoms with E-state index in [1.807, 2.05) is 6.92 Å². The zero-order chi connectivity index (χ0) is 19.9. The molecule has 0 atom stereocenters. The van der Waals surface area contributed by atoms with Crippen LogP contribution in [0, 0.1) is 0 Å². The van der Waals surface area contributed by atoms with Gasteiger partial charge in [0.05, 0.1) is 5.75 Å². The second kappa shape index (κ2) is 7.47. The number of sulfonamides is 1. The van der Waals surface area contributed by atoms with Crippen molar-refractivity contribution in [3.05, 3.63) is 5.82 Å². The minimum Gasteiger partial charge on any atom is -0.382 e. The highest BCUT2D eigenvalue weighted by Crippen LogP contribution is 2.38. The predicted octanol–water partition coefficient (Wildman–Crippen LogP) is 2.02. The number of nitrogens with two attached hydrogens (primary N) is 2. The van der Waals surface area contributed by atoms with E-state index in [4.69, 9.17) is 16.5 Å². The van der Waals surface area contributed by atoms with Crippen molar-refractivity contribution >= 4 is 33.0 Å². The third-order valence-corrected chi connectivity index (χ3v) is 8.05. The fraction of sp³-hybridized carbons (Fsp3) is 0.722. The Morgan fingerprint density at radius 1 is 1.04 bits per heavy atom. The van der Waals surface area contributed by atoms with E-state index in [0.717, 1.165) is 31.5 Å². The summed E-state index contributed by atoms with van der Waals surface area (Å²) in [4.78, 5) is 13.4. The maximum atomic E-state index is 12.4. The molecule has 0 radical (unpaired) electrons. The molecule has 0 aromatic carbocycles. The van der Waals surface area contributed by atoms with E-state index in [1.54, 1.807) is 4.31 Å². The summed E-state index contributed by atoms with van der Waals surface area (Å²) in [7, 11) is -3.15. The van der Waals surface area contributed by atoms with Crippen LogP contribution in [0.3, 0.4) is 0 Å². The van der Waals surface area contributed by atoms with Crippen LogP contribution in [0.25, 0.3) is 11.2 Å². The highest BCUT2D eigenvalue weighted by Gasteiger charge is 2.33. The van der Waals surface area contributed by atoms with E-state index >= 15 is 0 Å². The number of imidazole rings is 1. The van der Waals surface area contributed by atoms with E-state index in [1.165, 1.54) is 12.8 Å². The Balaban J connectivity index is 1.67. The molecule has 2 fully saturated rings. The van der Waals surface area contributed by atoms with Crippen LogP contribution in [0.2, 0.25) is 0 Å². The van der Waals surface area contributed by atoms with Crippen LogP contribution in [0.4, 0.5) is 11.8 Å². The molecule has 10 heteroatoms. The minimum absolute atomic E-state index is 0.163. The number of aromatic nitrogens is 4. The fourth-order valence-corrected chi connectivity index (χ4v) is 6.16. The van der Waals surface area contributed by atoms with Gasteiger partial charge in [-0.3, -0.25) is 0 Å². The Hall–Kier alpha value is -1.94. The maximum absolute atomic E-state index is 12.4. The van der Waals surface area contributed by atoms with E-state index < -0.39 is 10.0 Å². The lowest BCUT2D eigenvalue weighted by molar-refractivity contribution is 0.306. The van der Waals surface area contributed by atoms with Crippen molar-refractivity contribution in [1.29, 1.82) is 0 Å². The van der Waals surface area contributed by atoms with E-state index in [0.29, 0.717) is 42.5 Å². The summed E-state index contributed by atoms with van der Waals surface area (Å²) in [6.07, 6.45) is 6.70. The van der Waals surface area contributed by atoms with E-state index in [9.17, 15) is 8.42 Å². The molecule has 2 aromatic rings. The Morgan fingerprint density at radius 3 is 2.36 bits per heavy atom. The van der Waals surface area contributed by atoms with Crippen molar-refractivity contribution in [2.75, 3.05) is 30.3 Å². The SMILES string of the molecule is CCCS(=O)(=O)N1CCC(c2nc3c(N)nc(N)nc3n2C2CCCC2)CC1. The first-order valence-corrected chi connectivity index (χ1v) is 11.8. The van der Waals surface area contributed by atoms with E-state index in [2.05, 4.69) is 14.5 Å². The molecule has 0 unspecified atom stereocenters. The predicted molar refractivity (Wildman–Crippen MR) is 109 cm³/mol. The van der Waals surface area contributed by atoms with Crippen molar-refractivity contribution in [2.45, 2.75) is 63.8 Å². The normalized spacial score (nSPS) is 20.3. The molecule has 2 aromatic heterocycles. The van der Waals surface area contributed by atoms with Gasteiger partial charge in [0.15, 0.2) is 17.0 Å². The van der Waals surface area contributed by atoms with Crippen LogP contribution in [0.15, 0.2) is 0 Å². The number of anilines is 2. The van der Waals surface area contributed by atoms with Crippen LogP contribution < -0.4 is 11.5 Å². The molecule has 0 spiro atoms. The van der Waals surface area contributed by atoms with Crippen molar-refractivity contribution in [1.82, 2.24) is 23.8 Å². The average Bonchev–Trinajstić information content (AvgIpc) is 3.29. The van der Waals surface area contributed by atoms with E-state index in [-0.39, 0.29) is 17.6 Å². The molecule has 2 aliphatic rings. The monoisotopic (exact) mass is 407 g/mol. The molecule has 1 aliphatic heterocycles. The standard InChI is InChI=1S/C18H29N7O2S/c1-2-11-28(26,27)24-9-7-12(8-10-24)16-21-14-15(19)22-18(20)23-17(14)25(16)13-5-3-4-6-13/h12-13H,2-11H2,1H3,(H4,19,20,22,23). The molecule has 1 saturated heterocycles. The number of nitrogens with zero attached hydrogens (tertiary/aromatic N) is 5. The highest BCUT2D eigenvalue weighted by molar-refractivity contribution is 7.89. The molecule has 4 N–H and O–H groups in total. The molecule has 154 valence electrons. The first-order valence-electron chi connectivity index (χ1n) is 10.2. The van der Waals surface area contributed by atoms with Gasteiger partial charge in [0, 0.05) is 25.0 Å². The summed E-state index contributed by atoms with van der Waals surface area (Å²) in [5.74, 6) is 1.83. The summed E-state index contributed by atoms with van der Waals surface area (Å²) < 4.78 is 28.6. The van der Waals surface area contributed by atoms with Crippen LogP contribution in [0.5, 0.6) is 0 Å². The number of rotatable bonds is 5. The summed E-state index contributed by atoms with van der Waals surface area (Å²) in [6.45, 7) is 2.96. The van der Waals surface area contributed by atoms with Crippen molar-refractivity contribution in [3.8, 4) is 0 Å². The summed E-state index contributed by atoms with van der Waals surface area (Å²) in [5.41, 5.74) is 13.3. The lowest BCUT2D eigenvalue weighted by Gasteiger charge is -2.31. The quantitative estimate of drug-likeness (QED) is 0.774. The van der Waals surface area contributed by atoms with Gasteiger partial charge in [-0.15, -0.1) is 0 Å². The lowest BCUT2D eigenvalue weighted by atomic mass is 9.97. The molecule has 4 rings (SSSR count). The van der Waals surface area contributed by atoms with Gasteiger partial charge in [-0.05, 0) is 32.1 Å².